The number of nitrogens with one attached hydrogen (secondary N) is 1. The van der Waals surface area contributed by atoms with Gasteiger partial charge in [-0.05, 0) is 48.2 Å². The third kappa shape index (κ3) is 6.88. The van der Waals surface area contributed by atoms with Gasteiger partial charge in [-0.25, -0.2) is 0 Å². The van der Waals surface area contributed by atoms with Crippen molar-refractivity contribution < 1.29 is 20.1 Å². The van der Waals surface area contributed by atoms with Crippen LogP contribution in [0.3, 0.4) is 0 Å². The van der Waals surface area contributed by atoms with Crippen molar-refractivity contribution in [3.8, 4) is 11.5 Å². The van der Waals surface area contributed by atoms with Gasteiger partial charge in [0.25, 0.3) is 0 Å². The van der Waals surface area contributed by atoms with Gasteiger partial charge in [0.2, 0.25) is 0 Å². The minimum absolute atomic E-state index is 0.0710. The van der Waals surface area contributed by atoms with Crippen molar-refractivity contribution >= 4 is 0 Å². The summed E-state index contributed by atoms with van der Waals surface area (Å²) < 4.78 is 5.75. The van der Waals surface area contributed by atoms with Crippen molar-refractivity contribution in [2.45, 2.75) is 31.0 Å². The highest BCUT2D eigenvalue weighted by Gasteiger charge is 2.24. The number of rotatable bonds is 11. The van der Waals surface area contributed by atoms with Crippen molar-refractivity contribution in [3.63, 3.8) is 0 Å². The summed E-state index contributed by atoms with van der Waals surface area (Å²) in [6, 6.07) is 25.7. The average Bonchev–Trinajstić information content (AvgIpc) is 2.79. The quantitative estimate of drug-likeness (QED) is 0.393. The Balaban J connectivity index is 1.67. The summed E-state index contributed by atoms with van der Waals surface area (Å²) >= 11 is 0. The highest BCUT2D eigenvalue weighted by molar-refractivity contribution is 5.26. The Hall–Kier alpha value is -2.86. The molecule has 4 N–H and O–H groups in total. The van der Waals surface area contributed by atoms with Crippen LogP contribution in [0.2, 0.25) is 0 Å². The number of para-hydroxylation sites is 1. The molecule has 1 unspecified atom stereocenters. The van der Waals surface area contributed by atoms with E-state index in [1.807, 2.05) is 72.8 Å². The van der Waals surface area contributed by atoms with Crippen molar-refractivity contribution in [1.29, 1.82) is 0 Å². The Labute approximate surface area is 177 Å². The molecule has 0 aliphatic rings. The van der Waals surface area contributed by atoms with E-state index < -0.39 is 6.10 Å². The second-order valence-electron chi connectivity index (χ2n) is 7.40. The van der Waals surface area contributed by atoms with Crippen LogP contribution in [0.5, 0.6) is 11.5 Å². The number of phenols is 1. The molecule has 0 amide bonds. The van der Waals surface area contributed by atoms with Gasteiger partial charge in [-0.3, -0.25) is 0 Å². The maximum absolute atomic E-state index is 10.9. The first-order valence-electron chi connectivity index (χ1n) is 10.2. The maximum atomic E-state index is 10.9. The molecular formula is C25H29NO4. The van der Waals surface area contributed by atoms with E-state index in [2.05, 4.69) is 5.32 Å². The van der Waals surface area contributed by atoms with Crippen molar-refractivity contribution in [2.24, 2.45) is 0 Å². The van der Waals surface area contributed by atoms with Crippen LogP contribution in [0.25, 0.3) is 0 Å². The number of hydrogen-bond acceptors (Lipinski definition) is 5. The summed E-state index contributed by atoms with van der Waals surface area (Å²) in [6.45, 7) is 0.0737. The second kappa shape index (κ2) is 11.4. The van der Waals surface area contributed by atoms with Crippen molar-refractivity contribution in [1.82, 2.24) is 5.32 Å². The fourth-order valence-corrected chi connectivity index (χ4v) is 3.38. The van der Waals surface area contributed by atoms with Gasteiger partial charge >= 0.3 is 0 Å². The molecule has 5 nitrogen and oxygen atoms in total. The van der Waals surface area contributed by atoms with E-state index in [1.54, 1.807) is 12.1 Å². The predicted octanol–water partition coefficient (Wildman–Crippen LogP) is 2.94. The standard InChI is InChI=1S/C25H29NO4/c27-17-21(15-20-11-13-22(28)14-12-20)26-24(16-19-7-3-1-4-8-19)25(29)18-30-23-9-5-2-6-10-23/h1-14,21,24-29H,15-18H2/t21-,24?,25+/m0/s1. The lowest BCUT2D eigenvalue weighted by Gasteiger charge is -2.29. The monoisotopic (exact) mass is 407 g/mol. The molecule has 0 saturated heterocycles. The number of phenolic OH excluding ortho intramolecular Hbond substituents is 1. The van der Waals surface area contributed by atoms with E-state index in [0.717, 1.165) is 11.1 Å². The summed E-state index contributed by atoms with van der Waals surface area (Å²) in [5.74, 6) is 0.917. The maximum Gasteiger partial charge on any atom is 0.119 e. The van der Waals surface area contributed by atoms with E-state index in [1.165, 1.54) is 0 Å². The van der Waals surface area contributed by atoms with E-state index in [0.29, 0.717) is 18.6 Å². The zero-order valence-electron chi connectivity index (χ0n) is 16.9. The molecule has 0 fully saturated rings. The van der Waals surface area contributed by atoms with Crippen LogP contribution in [-0.4, -0.2) is 46.7 Å². The molecule has 0 saturated carbocycles. The van der Waals surface area contributed by atoms with Crippen LogP contribution in [0.4, 0.5) is 0 Å². The number of aliphatic hydroxyl groups excluding tert-OH is 2. The van der Waals surface area contributed by atoms with E-state index in [-0.39, 0.29) is 31.0 Å². The number of benzene rings is 3. The summed E-state index contributed by atoms with van der Waals surface area (Å²) in [4.78, 5) is 0. The van der Waals surface area contributed by atoms with Crippen LogP contribution in [-0.2, 0) is 12.8 Å². The summed E-state index contributed by atoms with van der Waals surface area (Å²) in [6.07, 6.45) is 0.417. The average molecular weight is 408 g/mol. The minimum atomic E-state index is -0.765. The van der Waals surface area contributed by atoms with Gasteiger partial charge in [-0.2, -0.15) is 0 Å². The van der Waals surface area contributed by atoms with Crippen LogP contribution in [0, 0.1) is 0 Å². The third-order valence-corrected chi connectivity index (χ3v) is 5.02. The molecule has 0 aliphatic carbocycles. The molecule has 3 aromatic rings. The lowest BCUT2D eigenvalue weighted by molar-refractivity contribution is 0.0643. The van der Waals surface area contributed by atoms with Crippen LogP contribution in [0.1, 0.15) is 11.1 Å². The zero-order chi connectivity index (χ0) is 21.2. The molecule has 158 valence electrons. The van der Waals surface area contributed by atoms with E-state index >= 15 is 0 Å². The smallest absolute Gasteiger partial charge is 0.119 e. The number of hydrogen-bond donors (Lipinski definition) is 4. The van der Waals surface area contributed by atoms with E-state index in [9.17, 15) is 15.3 Å². The first kappa shape index (κ1) is 21.8. The zero-order valence-corrected chi connectivity index (χ0v) is 16.9. The Morgan fingerprint density at radius 2 is 1.37 bits per heavy atom. The Kier molecular flexibility index (Phi) is 8.27. The van der Waals surface area contributed by atoms with Gasteiger partial charge in [0, 0.05) is 12.1 Å². The van der Waals surface area contributed by atoms with Gasteiger partial charge in [-0.15, -0.1) is 0 Å². The summed E-state index contributed by atoms with van der Waals surface area (Å²) in [7, 11) is 0. The number of aliphatic hydroxyl groups is 2. The van der Waals surface area contributed by atoms with Gasteiger partial charge in [0.15, 0.2) is 0 Å². The molecule has 3 aromatic carbocycles. The molecule has 30 heavy (non-hydrogen) atoms. The highest BCUT2D eigenvalue weighted by Crippen LogP contribution is 2.14. The first-order valence-corrected chi connectivity index (χ1v) is 10.2. The lowest BCUT2D eigenvalue weighted by atomic mass is 9.98. The van der Waals surface area contributed by atoms with Gasteiger partial charge < -0.3 is 25.4 Å². The fourth-order valence-electron chi connectivity index (χ4n) is 3.38. The molecular weight excluding hydrogens is 378 g/mol. The SMILES string of the molecule is OC[C@H](Cc1ccc(O)cc1)NC(Cc1ccccc1)[C@H](O)COc1ccccc1. The Morgan fingerprint density at radius 3 is 2.00 bits per heavy atom. The molecule has 0 spiro atoms. The largest absolute Gasteiger partial charge is 0.508 e. The number of aromatic hydroxyl groups is 1. The topological polar surface area (TPSA) is 82.0 Å². The van der Waals surface area contributed by atoms with Crippen molar-refractivity contribution in [2.75, 3.05) is 13.2 Å². The minimum Gasteiger partial charge on any atom is -0.508 e. The second-order valence-corrected chi connectivity index (χ2v) is 7.40. The summed E-state index contributed by atoms with van der Waals surface area (Å²) in [5.41, 5.74) is 2.09. The first-order chi connectivity index (χ1) is 14.6. The van der Waals surface area contributed by atoms with Gasteiger partial charge in [-0.1, -0.05) is 60.7 Å². The summed E-state index contributed by atoms with van der Waals surface area (Å²) in [5, 5.41) is 33.7. The van der Waals surface area contributed by atoms with Crippen molar-refractivity contribution in [3.05, 3.63) is 96.1 Å². The molecule has 3 rings (SSSR count). The third-order valence-electron chi connectivity index (χ3n) is 5.02. The normalized spacial score (nSPS) is 14.1. The van der Waals surface area contributed by atoms with Crippen LogP contribution >= 0.6 is 0 Å². The van der Waals surface area contributed by atoms with E-state index in [4.69, 9.17) is 4.74 Å². The predicted molar refractivity (Wildman–Crippen MR) is 118 cm³/mol. The lowest BCUT2D eigenvalue weighted by Crippen LogP contribution is -2.50. The molecule has 0 bridgehead atoms. The fraction of sp³-hybridized carbons (Fsp3) is 0.280. The molecule has 5 heteroatoms. The number of ether oxygens (including phenoxy) is 1. The van der Waals surface area contributed by atoms with Crippen LogP contribution < -0.4 is 10.1 Å². The van der Waals surface area contributed by atoms with Crippen LogP contribution in [0.15, 0.2) is 84.9 Å². The molecule has 0 aromatic heterocycles. The molecule has 0 aliphatic heterocycles. The highest BCUT2D eigenvalue weighted by atomic mass is 16.5. The Morgan fingerprint density at radius 1 is 0.767 bits per heavy atom. The van der Waals surface area contributed by atoms with Gasteiger partial charge in [0.05, 0.1) is 6.61 Å². The molecule has 0 radical (unpaired) electrons. The molecule has 3 atom stereocenters. The Bertz CT molecular complexity index is 855. The van der Waals surface area contributed by atoms with Gasteiger partial charge in [0.1, 0.15) is 24.2 Å². The molecule has 0 heterocycles.